The lowest BCUT2D eigenvalue weighted by Crippen LogP contribution is -2.14. The molecule has 0 spiro atoms. The van der Waals surface area contributed by atoms with E-state index in [-0.39, 0.29) is 40.2 Å². The second-order valence-corrected chi connectivity index (χ2v) is 8.80. The Kier molecular flexibility index (Phi) is 10.7. The molecular weight excluding hydrogens is 535 g/mol. The van der Waals surface area contributed by atoms with Gasteiger partial charge in [0.15, 0.2) is 0 Å². The van der Waals surface area contributed by atoms with Crippen molar-refractivity contribution in [2.75, 3.05) is 18.5 Å². The van der Waals surface area contributed by atoms with Gasteiger partial charge in [-0.15, -0.1) is 5.10 Å². The molecule has 0 bridgehead atoms. The summed E-state index contributed by atoms with van der Waals surface area (Å²) in [4.78, 5) is 21.5. The van der Waals surface area contributed by atoms with Crippen LogP contribution in [0.5, 0.6) is 10.9 Å². The van der Waals surface area contributed by atoms with E-state index in [1.165, 1.54) is 24.4 Å². The number of nitrogens with zero attached hydrogens (tertiary/aromatic N) is 4. The van der Waals surface area contributed by atoms with Gasteiger partial charge < -0.3 is 14.6 Å². The number of rotatable bonds is 12. The SMILES string of the molecule is C\C=C(COc1nnc(NC(=O)c2cnc(C)cc2-c2c(F)cccc2OC(F)F)s1)/N=C/C(=C/CC)CO. The van der Waals surface area contributed by atoms with Crippen LogP contribution in [0.4, 0.5) is 18.3 Å². The number of carbonyl (C=O) groups is 1. The maximum atomic E-state index is 14.8. The molecule has 206 valence electrons. The molecule has 0 aliphatic rings. The van der Waals surface area contributed by atoms with E-state index >= 15 is 0 Å². The molecule has 0 fully saturated rings. The van der Waals surface area contributed by atoms with Crippen molar-refractivity contribution in [1.82, 2.24) is 15.2 Å². The molecule has 3 rings (SSSR count). The van der Waals surface area contributed by atoms with Crippen molar-refractivity contribution in [3.63, 3.8) is 0 Å². The number of aryl methyl sites for hydroxylation is 1. The van der Waals surface area contributed by atoms with Crippen molar-refractivity contribution in [2.24, 2.45) is 4.99 Å². The van der Waals surface area contributed by atoms with Gasteiger partial charge in [-0.1, -0.05) is 30.2 Å². The Labute approximate surface area is 226 Å². The first kappa shape index (κ1) is 29.5. The smallest absolute Gasteiger partial charge is 0.387 e. The van der Waals surface area contributed by atoms with E-state index in [0.717, 1.165) is 23.8 Å². The summed E-state index contributed by atoms with van der Waals surface area (Å²) in [5.74, 6) is -1.99. The van der Waals surface area contributed by atoms with Crippen molar-refractivity contribution < 1.29 is 32.5 Å². The number of benzene rings is 1. The maximum absolute atomic E-state index is 14.8. The maximum Gasteiger partial charge on any atom is 0.387 e. The Hall–Kier alpha value is -4.10. The van der Waals surface area contributed by atoms with Gasteiger partial charge in [-0.25, -0.2) is 4.39 Å². The number of amides is 1. The minimum atomic E-state index is -3.19. The van der Waals surface area contributed by atoms with Crippen molar-refractivity contribution >= 4 is 28.6 Å². The zero-order chi connectivity index (χ0) is 28.4. The summed E-state index contributed by atoms with van der Waals surface area (Å²) >= 11 is 0.940. The summed E-state index contributed by atoms with van der Waals surface area (Å²) in [7, 11) is 0. The molecule has 2 heterocycles. The fourth-order valence-corrected chi connectivity index (χ4v) is 3.90. The van der Waals surface area contributed by atoms with Crippen LogP contribution in [0.3, 0.4) is 0 Å². The number of aliphatic hydroxyl groups excluding tert-OH is 1. The van der Waals surface area contributed by atoms with Gasteiger partial charge in [0, 0.05) is 23.7 Å². The topological polar surface area (TPSA) is 119 Å². The number of halogens is 3. The zero-order valence-corrected chi connectivity index (χ0v) is 22.1. The number of allylic oxidation sites excluding steroid dienone is 2. The first-order chi connectivity index (χ1) is 18.7. The molecule has 13 heteroatoms. The highest BCUT2D eigenvalue weighted by atomic mass is 32.1. The fourth-order valence-electron chi connectivity index (χ4n) is 3.31. The summed E-state index contributed by atoms with van der Waals surface area (Å²) in [6, 6.07) is 4.89. The van der Waals surface area contributed by atoms with Crippen molar-refractivity contribution in [3.8, 4) is 22.1 Å². The van der Waals surface area contributed by atoms with Crippen molar-refractivity contribution in [2.45, 2.75) is 33.8 Å². The largest absolute Gasteiger partial charge is 0.462 e. The molecule has 0 aliphatic heterocycles. The minimum absolute atomic E-state index is 0.0182. The van der Waals surface area contributed by atoms with Crippen LogP contribution in [0.1, 0.15) is 36.3 Å². The number of alkyl halides is 2. The first-order valence-corrected chi connectivity index (χ1v) is 12.5. The molecule has 1 amide bonds. The molecule has 0 saturated heterocycles. The Morgan fingerprint density at radius 1 is 1.31 bits per heavy atom. The van der Waals surface area contributed by atoms with Crippen LogP contribution in [-0.4, -0.2) is 52.2 Å². The Bertz CT molecular complexity index is 1390. The Balaban J connectivity index is 1.77. The molecule has 9 nitrogen and oxygen atoms in total. The van der Waals surface area contributed by atoms with Gasteiger partial charge in [0.2, 0.25) is 5.13 Å². The third kappa shape index (κ3) is 8.19. The van der Waals surface area contributed by atoms with E-state index in [1.54, 1.807) is 26.1 Å². The normalized spacial score (nSPS) is 12.3. The number of nitrogens with one attached hydrogen (secondary N) is 1. The summed E-state index contributed by atoms with van der Waals surface area (Å²) in [5.41, 5.74) is 1.31. The molecule has 0 radical (unpaired) electrons. The van der Waals surface area contributed by atoms with Crippen LogP contribution in [0.2, 0.25) is 0 Å². The summed E-state index contributed by atoms with van der Waals surface area (Å²) < 4.78 is 50.8. The van der Waals surface area contributed by atoms with Gasteiger partial charge in [-0.3, -0.25) is 20.1 Å². The van der Waals surface area contributed by atoms with Gasteiger partial charge in [0.25, 0.3) is 11.1 Å². The van der Waals surface area contributed by atoms with E-state index < -0.39 is 24.1 Å². The van der Waals surface area contributed by atoms with Crippen LogP contribution in [-0.2, 0) is 0 Å². The fraction of sp³-hybridized carbons (Fsp3) is 0.269. The number of hydrogen-bond donors (Lipinski definition) is 2. The van der Waals surface area contributed by atoms with Crippen molar-refractivity contribution in [1.29, 1.82) is 0 Å². The van der Waals surface area contributed by atoms with Gasteiger partial charge >= 0.3 is 6.61 Å². The third-order valence-corrected chi connectivity index (χ3v) is 5.85. The standard InChI is InChI=1S/C26H26F3N5O4S/c1-4-7-16(13-35)11-31-17(5-2)14-37-26-34-33-25(39-26)32-23(36)19-12-30-15(3)10-18(19)22-20(27)8-6-9-21(22)38-24(28)29/h5-12,24,35H,4,13-14H2,1-3H3,(H,32,33,36)/b16-7-,17-5-,31-11+. The quantitative estimate of drug-likeness (QED) is 0.277. The number of carbonyl (C=O) groups excluding carboxylic acids is 1. The summed E-state index contributed by atoms with van der Waals surface area (Å²) in [6.45, 7) is 2.08. The second kappa shape index (κ2) is 14.2. The lowest BCUT2D eigenvalue weighted by molar-refractivity contribution is -0.0495. The predicted molar refractivity (Wildman–Crippen MR) is 142 cm³/mol. The molecule has 3 aromatic rings. The van der Waals surface area contributed by atoms with E-state index in [0.29, 0.717) is 17.0 Å². The molecular formula is C26H26F3N5O4S. The number of hydrogen-bond acceptors (Lipinski definition) is 9. The van der Waals surface area contributed by atoms with Gasteiger partial charge in [-0.05, 0) is 55.4 Å². The second-order valence-electron chi connectivity index (χ2n) is 7.86. The van der Waals surface area contributed by atoms with Gasteiger partial charge in [0.1, 0.15) is 18.2 Å². The third-order valence-electron chi connectivity index (χ3n) is 5.09. The van der Waals surface area contributed by atoms with Gasteiger partial charge in [-0.2, -0.15) is 8.78 Å². The molecule has 2 aromatic heterocycles. The number of aliphatic hydroxyl groups is 1. The average molecular weight is 562 g/mol. The van der Waals surface area contributed by atoms with E-state index in [1.807, 2.05) is 13.0 Å². The van der Waals surface area contributed by atoms with E-state index in [2.05, 4.69) is 30.2 Å². The van der Waals surface area contributed by atoms with Gasteiger partial charge in [0.05, 0.1) is 23.4 Å². The van der Waals surface area contributed by atoms with E-state index in [4.69, 9.17) is 4.74 Å². The van der Waals surface area contributed by atoms with Crippen LogP contribution < -0.4 is 14.8 Å². The predicted octanol–water partition coefficient (Wildman–Crippen LogP) is 5.58. The van der Waals surface area contributed by atoms with Crippen LogP contribution in [0.25, 0.3) is 11.1 Å². The number of anilines is 1. The molecule has 39 heavy (non-hydrogen) atoms. The summed E-state index contributed by atoms with van der Waals surface area (Å²) in [5, 5.41) is 19.9. The molecule has 0 unspecified atom stereocenters. The van der Waals surface area contributed by atoms with Crippen LogP contribution >= 0.6 is 11.3 Å². The molecule has 0 aliphatic carbocycles. The highest BCUT2D eigenvalue weighted by Crippen LogP contribution is 2.36. The monoisotopic (exact) mass is 561 g/mol. The number of aliphatic imine (C=N–C) groups is 1. The van der Waals surface area contributed by atoms with Crippen LogP contribution in [0.15, 0.2) is 58.9 Å². The van der Waals surface area contributed by atoms with E-state index in [9.17, 15) is 23.1 Å². The lowest BCUT2D eigenvalue weighted by atomic mass is 9.98. The Morgan fingerprint density at radius 3 is 2.79 bits per heavy atom. The first-order valence-electron chi connectivity index (χ1n) is 11.7. The van der Waals surface area contributed by atoms with Crippen LogP contribution in [0, 0.1) is 12.7 Å². The molecule has 1 aromatic carbocycles. The molecule has 0 saturated carbocycles. The lowest BCUT2D eigenvalue weighted by Gasteiger charge is -2.15. The van der Waals surface area contributed by atoms with Crippen molar-refractivity contribution in [3.05, 3.63) is 71.0 Å². The molecule has 2 N–H and O–H groups in total. The number of pyridine rings is 1. The number of aromatic nitrogens is 3. The highest BCUT2D eigenvalue weighted by Gasteiger charge is 2.23. The summed E-state index contributed by atoms with van der Waals surface area (Å²) in [6.07, 6.45) is 7.11. The minimum Gasteiger partial charge on any atom is -0.462 e. The average Bonchev–Trinajstić information content (AvgIpc) is 3.34. The zero-order valence-electron chi connectivity index (χ0n) is 21.3. The Morgan fingerprint density at radius 2 is 2.10 bits per heavy atom. The number of ether oxygens (including phenoxy) is 2. The highest BCUT2D eigenvalue weighted by molar-refractivity contribution is 7.17. The molecule has 0 atom stereocenters.